The van der Waals surface area contributed by atoms with Crippen LogP contribution in [0.4, 0.5) is 4.39 Å². The van der Waals surface area contributed by atoms with Crippen molar-refractivity contribution in [1.82, 2.24) is 4.72 Å². The molecule has 0 bridgehead atoms. The van der Waals surface area contributed by atoms with Gasteiger partial charge in [-0.25, -0.2) is 17.5 Å². The van der Waals surface area contributed by atoms with Gasteiger partial charge >= 0.3 is 0 Å². The van der Waals surface area contributed by atoms with Crippen molar-refractivity contribution < 1.29 is 17.9 Å². The maximum absolute atomic E-state index is 13.7. The lowest BCUT2D eigenvalue weighted by atomic mass is 9.97. The lowest BCUT2D eigenvalue weighted by molar-refractivity contribution is 0.0627. The third-order valence-electron chi connectivity index (χ3n) is 3.55. The van der Waals surface area contributed by atoms with Gasteiger partial charge in [0.05, 0.1) is 17.4 Å². The number of nitrogens with one attached hydrogen (secondary N) is 1. The van der Waals surface area contributed by atoms with E-state index in [1.807, 2.05) is 6.07 Å². The van der Waals surface area contributed by atoms with E-state index in [-0.39, 0.29) is 17.7 Å². The number of sulfonamides is 1. The van der Waals surface area contributed by atoms with Crippen molar-refractivity contribution in [3.8, 4) is 6.07 Å². The normalized spacial score (nSPS) is 13.9. The number of halogens is 1. The van der Waals surface area contributed by atoms with Crippen molar-refractivity contribution in [3.05, 3.63) is 71.0 Å². The van der Waals surface area contributed by atoms with E-state index in [2.05, 4.69) is 4.72 Å². The molecular weight excluding hydrogens is 331 g/mol. The first-order chi connectivity index (χ1) is 11.2. The molecule has 1 unspecified atom stereocenters. The second kappa shape index (κ2) is 7.09. The molecule has 0 heterocycles. The zero-order valence-electron chi connectivity index (χ0n) is 13.0. The summed E-state index contributed by atoms with van der Waals surface area (Å²) in [7, 11) is -3.88. The molecule has 0 aliphatic carbocycles. The Morgan fingerprint density at radius 3 is 2.54 bits per heavy atom. The largest absolute Gasteiger partial charge is 0.384 e. The third-order valence-corrected chi connectivity index (χ3v) is 4.83. The van der Waals surface area contributed by atoms with Gasteiger partial charge in [-0.2, -0.15) is 5.26 Å². The highest BCUT2D eigenvalue weighted by atomic mass is 32.2. The molecule has 7 heteroatoms. The van der Waals surface area contributed by atoms with Gasteiger partial charge in [0.25, 0.3) is 0 Å². The highest BCUT2D eigenvalue weighted by Gasteiger charge is 2.25. The van der Waals surface area contributed by atoms with Crippen LogP contribution in [0.25, 0.3) is 0 Å². The summed E-state index contributed by atoms with van der Waals surface area (Å²) in [6.07, 6.45) is 0. The lowest BCUT2D eigenvalue weighted by Gasteiger charge is -2.24. The van der Waals surface area contributed by atoms with E-state index >= 15 is 0 Å². The van der Waals surface area contributed by atoms with E-state index in [4.69, 9.17) is 5.26 Å². The topological polar surface area (TPSA) is 90.2 Å². The predicted octanol–water partition coefficient (Wildman–Crippen LogP) is 2.02. The van der Waals surface area contributed by atoms with Crippen molar-refractivity contribution in [3.63, 3.8) is 0 Å². The van der Waals surface area contributed by atoms with Crippen molar-refractivity contribution in [2.45, 2.75) is 18.3 Å². The molecule has 0 saturated heterocycles. The number of hydrogen-bond donors (Lipinski definition) is 2. The molecule has 0 saturated carbocycles. The van der Waals surface area contributed by atoms with E-state index in [1.54, 1.807) is 30.3 Å². The number of hydrogen-bond acceptors (Lipinski definition) is 4. The second-order valence-corrected chi connectivity index (χ2v) is 7.44. The van der Waals surface area contributed by atoms with Crippen LogP contribution in [0.5, 0.6) is 0 Å². The molecule has 24 heavy (non-hydrogen) atoms. The molecule has 0 spiro atoms. The van der Waals surface area contributed by atoms with Gasteiger partial charge in [-0.1, -0.05) is 30.3 Å². The van der Waals surface area contributed by atoms with Gasteiger partial charge in [0.15, 0.2) is 0 Å². The van der Waals surface area contributed by atoms with Gasteiger partial charge in [0, 0.05) is 12.1 Å². The molecule has 0 aliphatic rings. The van der Waals surface area contributed by atoms with Crippen molar-refractivity contribution in [2.75, 3.05) is 6.54 Å². The number of benzene rings is 2. The third kappa shape index (κ3) is 4.61. The molecule has 0 amide bonds. The Balaban J connectivity index is 2.11. The van der Waals surface area contributed by atoms with Crippen LogP contribution < -0.4 is 4.72 Å². The zero-order chi connectivity index (χ0) is 17.8. The molecule has 0 radical (unpaired) electrons. The quantitative estimate of drug-likeness (QED) is 0.836. The van der Waals surface area contributed by atoms with Gasteiger partial charge in [0.1, 0.15) is 11.4 Å². The fourth-order valence-corrected chi connectivity index (χ4v) is 3.39. The minimum Gasteiger partial charge on any atom is -0.384 e. The summed E-state index contributed by atoms with van der Waals surface area (Å²) < 4.78 is 40.3. The maximum Gasteiger partial charge on any atom is 0.215 e. The first-order valence-corrected chi connectivity index (χ1v) is 8.82. The first-order valence-electron chi connectivity index (χ1n) is 7.17. The number of rotatable bonds is 6. The summed E-state index contributed by atoms with van der Waals surface area (Å²) in [5.41, 5.74) is -0.759. The summed E-state index contributed by atoms with van der Waals surface area (Å²) in [5, 5.41) is 19.2. The smallest absolute Gasteiger partial charge is 0.215 e. The molecular formula is C17H17FN2O3S. The number of aliphatic hydroxyl groups is 1. The van der Waals surface area contributed by atoms with Gasteiger partial charge in [-0.05, 0) is 30.7 Å². The fraction of sp³-hybridized carbons (Fsp3) is 0.235. The van der Waals surface area contributed by atoms with E-state index in [9.17, 15) is 17.9 Å². The Hall–Kier alpha value is -2.27. The Bertz CT molecular complexity index is 859. The number of nitrogens with zero attached hydrogens (tertiary/aromatic N) is 1. The monoisotopic (exact) mass is 348 g/mol. The Labute approximate surface area is 140 Å². The fourth-order valence-electron chi connectivity index (χ4n) is 2.16. The van der Waals surface area contributed by atoms with Gasteiger partial charge in [-0.15, -0.1) is 0 Å². The average Bonchev–Trinajstić information content (AvgIpc) is 2.56. The lowest BCUT2D eigenvalue weighted by Crippen LogP contribution is -2.39. The standard InChI is InChI=1S/C17H17FN2O3S/c1-17(21,15-5-3-2-4-6-15)12-20-24(22,23)11-14-9-13(10-19)7-8-16(14)18/h2-9,20-21H,11-12H2,1H3. The van der Waals surface area contributed by atoms with Crippen LogP contribution in [-0.2, 0) is 21.4 Å². The maximum atomic E-state index is 13.7. The van der Waals surface area contributed by atoms with Crippen molar-refractivity contribution in [1.29, 1.82) is 5.26 Å². The van der Waals surface area contributed by atoms with Crippen LogP contribution in [0.1, 0.15) is 23.6 Å². The molecule has 0 aliphatic heterocycles. The van der Waals surface area contributed by atoms with Gasteiger partial charge in [-0.3, -0.25) is 0 Å². The van der Waals surface area contributed by atoms with Crippen LogP contribution in [0.3, 0.4) is 0 Å². The molecule has 0 aromatic heterocycles. The van der Waals surface area contributed by atoms with Gasteiger partial charge in [0.2, 0.25) is 10.0 Å². The van der Waals surface area contributed by atoms with E-state index in [0.717, 1.165) is 6.07 Å². The van der Waals surface area contributed by atoms with Crippen LogP contribution in [0.15, 0.2) is 48.5 Å². The minimum absolute atomic E-state index is 0.0964. The Kier molecular flexibility index (Phi) is 5.34. The van der Waals surface area contributed by atoms with Crippen molar-refractivity contribution in [2.24, 2.45) is 0 Å². The van der Waals surface area contributed by atoms with Crippen LogP contribution in [0.2, 0.25) is 0 Å². The van der Waals surface area contributed by atoms with E-state index in [0.29, 0.717) is 5.56 Å². The minimum atomic E-state index is -3.88. The number of nitriles is 1. The Morgan fingerprint density at radius 1 is 1.25 bits per heavy atom. The highest BCUT2D eigenvalue weighted by molar-refractivity contribution is 7.88. The molecule has 126 valence electrons. The summed E-state index contributed by atoms with van der Waals surface area (Å²) >= 11 is 0. The summed E-state index contributed by atoms with van der Waals surface area (Å²) in [6.45, 7) is 1.24. The molecule has 2 N–H and O–H groups in total. The van der Waals surface area contributed by atoms with Gasteiger partial charge < -0.3 is 5.11 Å². The molecule has 0 fully saturated rings. The predicted molar refractivity (Wildman–Crippen MR) is 87.8 cm³/mol. The molecule has 5 nitrogen and oxygen atoms in total. The van der Waals surface area contributed by atoms with Crippen molar-refractivity contribution >= 4 is 10.0 Å². The zero-order valence-corrected chi connectivity index (χ0v) is 13.8. The average molecular weight is 348 g/mol. The SMILES string of the molecule is CC(O)(CNS(=O)(=O)Cc1cc(C#N)ccc1F)c1ccccc1. The summed E-state index contributed by atoms with van der Waals surface area (Å²) in [4.78, 5) is 0. The Morgan fingerprint density at radius 2 is 1.92 bits per heavy atom. The van der Waals surface area contributed by atoms with Crippen LogP contribution in [-0.4, -0.2) is 20.1 Å². The molecule has 2 rings (SSSR count). The van der Waals surface area contributed by atoms with E-state index in [1.165, 1.54) is 19.1 Å². The second-order valence-electron chi connectivity index (χ2n) is 5.64. The first kappa shape index (κ1) is 18.1. The van der Waals surface area contributed by atoms with Crippen LogP contribution in [0, 0.1) is 17.1 Å². The summed E-state index contributed by atoms with van der Waals surface area (Å²) in [5.74, 6) is -1.31. The molecule has 2 aromatic rings. The van der Waals surface area contributed by atoms with Crippen LogP contribution >= 0.6 is 0 Å². The summed E-state index contributed by atoms with van der Waals surface area (Å²) in [6, 6.07) is 14.0. The highest BCUT2D eigenvalue weighted by Crippen LogP contribution is 2.20. The van der Waals surface area contributed by atoms with E-state index < -0.39 is 27.2 Å². The molecule has 2 aromatic carbocycles. The molecule has 1 atom stereocenters.